The molecule has 0 aliphatic carbocycles. The standard InChI is InChI=1S/C33H40N4.3ClH/c1-23(2)33(37-19-17-34-18-20-37,31-26(5)35-32(36-31)27-13-7-6-8-14-27)30(28-15-9-11-24(3)21-28)29-16-10-12-25(4)22-29;;;/h6-16,21-23,30,34H,17-20H2,1-5H3,(H,35,36);3*1H. The number of aromatic nitrogens is 2. The number of halogens is 3. The van der Waals surface area contributed by atoms with Gasteiger partial charge in [-0.25, -0.2) is 4.98 Å². The predicted octanol–water partition coefficient (Wildman–Crippen LogP) is 7.86. The number of nitrogens with one attached hydrogen (secondary N) is 2. The van der Waals surface area contributed by atoms with Crippen LogP contribution in [0.2, 0.25) is 0 Å². The molecule has 1 atom stereocenters. The molecule has 0 amide bonds. The zero-order valence-corrected chi connectivity index (χ0v) is 26.6. The molecule has 1 aliphatic heterocycles. The lowest BCUT2D eigenvalue weighted by Gasteiger charge is -2.53. The first-order chi connectivity index (χ1) is 17.9. The number of imidazole rings is 1. The lowest BCUT2D eigenvalue weighted by atomic mass is 9.65. The first kappa shape index (κ1) is 33.9. The number of rotatable bonds is 7. The van der Waals surface area contributed by atoms with Crippen LogP contribution in [-0.4, -0.2) is 41.0 Å². The molecule has 216 valence electrons. The second-order valence-corrected chi connectivity index (χ2v) is 10.9. The van der Waals surface area contributed by atoms with Crippen LogP contribution in [0.25, 0.3) is 11.4 Å². The fourth-order valence-corrected chi connectivity index (χ4v) is 6.46. The molecular formula is C33H43Cl3N4. The molecular weight excluding hydrogens is 559 g/mol. The second kappa shape index (κ2) is 14.5. The highest BCUT2D eigenvalue weighted by molar-refractivity contribution is 5.86. The SMILES string of the molecule is Cc1cccc(C(c2cccc(C)c2)C(c2nc(-c3ccccc3)[nH]c2C)(C(C)C)N2CCNCC2)c1.Cl.Cl.Cl. The fourth-order valence-electron chi connectivity index (χ4n) is 6.46. The van der Waals surface area contributed by atoms with Crippen molar-refractivity contribution < 1.29 is 0 Å². The second-order valence-electron chi connectivity index (χ2n) is 10.9. The Morgan fingerprint density at radius 1 is 0.750 bits per heavy atom. The highest BCUT2D eigenvalue weighted by atomic mass is 35.5. The minimum absolute atomic E-state index is 0. The average molecular weight is 602 g/mol. The molecule has 1 fully saturated rings. The van der Waals surface area contributed by atoms with Crippen molar-refractivity contribution in [2.24, 2.45) is 5.92 Å². The highest BCUT2D eigenvalue weighted by Crippen LogP contribution is 2.51. The summed E-state index contributed by atoms with van der Waals surface area (Å²) >= 11 is 0. The number of hydrogen-bond acceptors (Lipinski definition) is 3. The van der Waals surface area contributed by atoms with E-state index in [1.165, 1.54) is 22.3 Å². The van der Waals surface area contributed by atoms with Gasteiger partial charge in [-0.05, 0) is 37.8 Å². The van der Waals surface area contributed by atoms with E-state index in [1.54, 1.807) is 0 Å². The summed E-state index contributed by atoms with van der Waals surface area (Å²) in [6.07, 6.45) is 0. The summed E-state index contributed by atoms with van der Waals surface area (Å²) in [5.41, 5.74) is 8.37. The van der Waals surface area contributed by atoms with E-state index in [9.17, 15) is 0 Å². The molecule has 0 spiro atoms. The minimum atomic E-state index is -0.336. The van der Waals surface area contributed by atoms with E-state index < -0.39 is 0 Å². The Balaban J connectivity index is 0.00000187. The maximum atomic E-state index is 5.45. The largest absolute Gasteiger partial charge is 0.342 e. The number of aromatic amines is 1. The van der Waals surface area contributed by atoms with Gasteiger partial charge in [0.2, 0.25) is 0 Å². The summed E-state index contributed by atoms with van der Waals surface area (Å²) in [7, 11) is 0. The van der Waals surface area contributed by atoms with Gasteiger partial charge in [0.15, 0.2) is 0 Å². The van der Waals surface area contributed by atoms with Crippen molar-refractivity contribution in [3.63, 3.8) is 0 Å². The van der Waals surface area contributed by atoms with Gasteiger partial charge in [-0.2, -0.15) is 0 Å². The van der Waals surface area contributed by atoms with Gasteiger partial charge in [-0.3, -0.25) is 4.90 Å². The van der Waals surface area contributed by atoms with Crippen LogP contribution in [-0.2, 0) is 5.54 Å². The Morgan fingerprint density at radius 3 is 1.80 bits per heavy atom. The quantitative estimate of drug-likeness (QED) is 0.227. The van der Waals surface area contributed by atoms with Crippen molar-refractivity contribution in [3.8, 4) is 11.4 Å². The average Bonchev–Trinajstić information content (AvgIpc) is 3.29. The molecule has 3 aromatic carbocycles. The van der Waals surface area contributed by atoms with Crippen LogP contribution >= 0.6 is 37.2 Å². The van der Waals surface area contributed by atoms with Crippen LogP contribution in [0.3, 0.4) is 0 Å². The third-order valence-electron chi connectivity index (χ3n) is 8.02. The molecule has 4 aromatic rings. The maximum absolute atomic E-state index is 5.45. The molecule has 40 heavy (non-hydrogen) atoms. The normalized spacial score (nSPS) is 15.1. The summed E-state index contributed by atoms with van der Waals surface area (Å²) in [6.45, 7) is 15.3. The Bertz CT molecular complexity index is 1300. The van der Waals surface area contributed by atoms with Crippen LogP contribution in [0.15, 0.2) is 78.9 Å². The summed E-state index contributed by atoms with van der Waals surface area (Å²) in [5, 5.41) is 3.59. The van der Waals surface area contributed by atoms with E-state index in [2.05, 4.69) is 129 Å². The van der Waals surface area contributed by atoms with Crippen LogP contribution in [0, 0.1) is 26.7 Å². The van der Waals surface area contributed by atoms with Gasteiger partial charge in [-0.15, -0.1) is 37.2 Å². The van der Waals surface area contributed by atoms with E-state index in [1.807, 2.05) is 0 Å². The zero-order chi connectivity index (χ0) is 26.0. The molecule has 2 N–H and O–H groups in total. The van der Waals surface area contributed by atoms with Crippen molar-refractivity contribution in [1.82, 2.24) is 20.2 Å². The predicted molar refractivity (Wildman–Crippen MR) is 176 cm³/mol. The topological polar surface area (TPSA) is 44.0 Å². The summed E-state index contributed by atoms with van der Waals surface area (Å²) in [6, 6.07) is 28.7. The van der Waals surface area contributed by atoms with E-state index in [0.717, 1.165) is 49.0 Å². The van der Waals surface area contributed by atoms with E-state index >= 15 is 0 Å². The van der Waals surface area contributed by atoms with Gasteiger partial charge in [0.1, 0.15) is 5.82 Å². The third-order valence-corrected chi connectivity index (χ3v) is 8.02. The van der Waals surface area contributed by atoms with Crippen molar-refractivity contribution in [2.75, 3.05) is 26.2 Å². The molecule has 2 heterocycles. The van der Waals surface area contributed by atoms with E-state index in [4.69, 9.17) is 4.98 Å². The molecule has 0 bridgehead atoms. The highest BCUT2D eigenvalue weighted by Gasteiger charge is 2.52. The number of H-pyrrole nitrogens is 1. The van der Waals surface area contributed by atoms with Crippen LogP contribution in [0.5, 0.6) is 0 Å². The van der Waals surface area contributed by atoms with Crippen LogP contribution in [0.4, 0.5) is 0 Å². The van der Waals surface area contributed by atoms with Gasteiger partial charge in [0.25, 0.3) is 0 Å². The van der Waals surface area contributed by atoms with Gasteiger partial charge in [0, 0.05) is 43.4 Å². The number of nitrogens with zero attached hydrogens (tertiary/aromatic N) is 2. The monoisotopic (exact) mass is 600 g/mol. The molecule has 7 heteroatoms. The molecule has 1 aliphatic rings. The van der Waals surface area contributed by atoms with Gasteiger partial charge < -0.3 is 10.3 Å². The molecule has 4 nitrogen and oxygen atoms in total. The molecule has 5 rings (SSSR count). The summed E-state index contributed by atoms with van der Waals surface area (Å²) in [5.74, 6) is 1.37. The Morgan fingerprint density at radius 2 is 1.30 bits per heavy atom. The first-order valence-electron chi connectivity index (χ1n) is 13.6. The smallest absolute Gasteiger partial charge is 0.137 e. The third kappa shape index (κ3) is 6.42. The van der Waals surface area contributed by atoms with Gasteiger partial charge >= 0.3 is 0 Å². The number of aryl methyl sites for hydroxylation is 3. The van der Waals surface area contributed by atoms with Crippen molar-refractivity contribution in [2.45, 2.75) is 46.1 Å². The first-order valence-corrected chi connectivity index (χ1v) is 13.6. The molecule has 0 saturated carbocycles. The van der Waals surface area contributed by atoms with Gasteiger partial charge in [0.05, 0.1) is 11.2 Å². The summed E-state index contributed by atoms with van der Waals surface area (Å²) in [4.78, 5) is 11.9. The Labute approximate surface area is 258 Å². The van der Waals surface area contributed by atoms with E-state index in [-0.39, 0.29) is 48.7 Å². The van der Waals surface area contributed by atoms with Crippen molar-refractivity contribution in [3.05, 3.63) is 113 Å². The fraction of sp³-hybridized carbons (Fsp3) is 0.364. The van der Waals surface area contributed by atoms with Gasteiger partial charge in [-0.1, -0.05) is 104 Å². The number of benzene rings is 3. The summed E-state index contributed by atoms with van der Waals surface area (Å²) < 4.78 is 0. The molecule has 1 saturated heterocycles. The lowest BCUT2D eigenvalue weighted by molar-refractivity contribution is 0.0108. The van der Waals surface area contributed by atoms with Crippen molar-refractivity contribution in [1.29, 1.82) is 0 Å². The van der Waals surface area contributed by atoms with Crippen LogP contribution < -0.4 is 5.32 Å². The molecule has 1 aromatic heterocycles. The minimum Gasteiger partial charge on any atom is -0.342 e. The lowest BCUT2D eigenvalue weighted by Crippen LogP contribution is -2.60. The number of hydrogen-bond donors (Lipinski definition) is 2. The maximum Gasteiger partial charge on any atom is 0.137 e. The Kier molecular flexibility index (Phi) is 12.3. The number of piperazine rings is 1. The van der Waals surface area contributed by atoms with Crippen LogP contribution in [0.1, 0.15) is 53.4 Å². The molecule has 0 radical (unpaired) electrons. The molecule has 1 unspecified atom stereocenters. The van der Waals surface area contributed by atoms with Crippen molar-refractivity contribution >= 4 is 37.2 Å². The van der Waals surface area contributed by atoms with E-state index in [0.29, 0.717) is 5.92 Å². The Hall–Kier alpha value is -2.34. The zero-order valence-electron chi connectivity index (χ0n) is 24.1.